The zero-order valence-corrected chi connectivity index (χ0v) is 11.8. The molecular formula is C18H20O2. The smallest absolute Gasteiger partial charge is 0.119 e. The van der Waals surface area contributed by atoms with Crippen LogP contribution >= 0.6 is 0 Å². The summed E-state index contributed by atoms with van der Waals surface area (Å²) in [6.07, 6.45) is 1.77. The molecule has 0 bridgehead atoms. The maximum Gasteiger partial charge on any atom is 0.119 e. The number of hydrogen-bond donors (Lipinski definition) is 1. The first-order valence-corrected chi connectivity index (χ1v) is 7.10. The number of rotatable bonds is 4. The molecule has 20 heavy (non-hydrogen) atoms. The molecule has 104 valence electrons. The van der Waals surface area contributed by atoms with Crippen LogP contribution in [-0.2, 0) is 5.60 Å². The predicted octanol–water partition coefficient (Wildman–Crippen LogP) is 3.75. The van der Waals surface area contributed by atoms with Crippen molar-refractivity contribution in [3.63, 3.8) is 0 Å². The zero-order chi connectivity index (χ0) is 14.1. The van der Waals surface area contributed by atoms with Crippen molar-refractivity contribution in [2.75, 3.05) is 6.61 Å². The summed E-state index contributed by atoms with van der Waals surface area (Å²) in [6.45, 7) is 2.63. The molecule has 0 saturated heterocycles. The Bertz CT molecular complexity index is 566. The molecule has 0 heterocycles. The minimum Gasteiger partial charge on any atom is -0.493 e. The average Bonchev–Trinajstić information content (AvgIpc) is 2.52. The maximum absolute atomic E-state index is 11.0. The van der Waals surface area contributed by atoms with Crippen LogP contribution in [0.1, 0.15) is 25.3 Å². The van der Waals surface area contributed by atoms with Gasteiger partial charge in [-0.05, 0) is 30.5 Å². The molecule has 2 heteroatoms. The highest BCUT2D eigenvalue weighted by molar-refractivity contribution is 5.29. The number of aliphatic hydroxyl groups is 1. The molecule has 2 atom stereocenters. The van der Waals surface area contributed by atoms with Crippen LogP contribution < -0.4 is 4.74 Å². The van der Waals surface area contributed by atoms with Crippen LogP contribution in [0, 0.1) is 5.41 Å². The summed E-state index contributed by atoms with van der Waals surface area (Å²) >= 11 is 0. The lowest BCUT2D eigenvalue weighted by molar-refractivity contribution is -0.180. The van der Waals surface area contributed by atoms with Gasteiger partial charge in [0.1, 0.15) is 5.75 Å². The van der Waals surface area contributed by atoms with Gasteiger partial charge in [-0.2, -0.15) is 0 Å². The number of para-hydroxylation sites is 1. The summed E-state index contributed by atoms with van der Waals surface area (Å²) < 4.78 is 5.87. The Hall–Kier alpha value is -1.80. The van der Waals surface area contributed by atoms with Crippen molar-refractivity contribution in [3.8, 4) is 5.75 Å². The fourth-order valence-electron chi connectivity index (χ4n) is 2.95. The van der Waals surface area contributed by atoms with Crippen LogP contribution in [0.25, 0.3) is 0 Å². The molecule has 0 amide bonds. The lowest BCUT2D eigenvalue weighted by Gasteiger charge is -2.54. The number of ether oxygens (including phenoxy) is 1. The van der Waals surface area contributed by atoms with Crippen LogP contribution in [0.5, 0.6) is 5.75 Å². The van der Waals surface area contributed by atoms with E-state index in [4.69, 9.17) is 4.74 Å². The van der Waals surface area contributed by atoms with Gasteiger partial charge in [0.2, 0.25) is 0 Å². The van der Waals surface area contributed by atoms with Gasteiger partial charge < -0.3 is 9.84 Å². The molecule has 1 aliphatic rings. The SMILES string of the molecule is C[C@@]1(COc2ccccc2)CC[C@]1(O)c1ccccc1. The second-order valence-corrected chi connectivity index (χ2v) is 5.89. The van der Waals surface area contributed by atoms with Crippen LogP contribution in [0.15, 0.2) is 60.7 Å². The minimum atomic E-state index is -0.775. The first-order valence-electron chi connectivity index (χ1n) is 7.10. The van der Waals surface area contributed by atoms with E-state index in [0.717, 1.165) is 24.2 Å². The van der Waals surface area contributed by atoms with E-state index in [-0.39, 0.29) is 5.41 Å². The van der Waals surface area contributed by atoms with Crippen molar-refractivity contribution in [1.29, 1.82) is 0 Å². The third kappa shape index (κ3) is 2.10. The molecule has 0 aliphatic heterocycles. The number of benzene rings is 2. The summed E-state index contributed by atoms with van der Waals surface area (Å²) in [5.74, 6) is 0.857. The number of hydrogen-bond acceptors (Lipinski definition) is 2. The van der Waals surface area contributed by atoms with Crippen LogP contribution in [-0.4, -0.2) is 11.7 Å². The molecule has 1 fully saturated rings. The molecule has 3 rings (SSSR count). The molecule has 2 nitrogen and oxygen atoms in total. The van der Waals surface area contributed by atoms with E-state index in [1.54, 1.807) is 0 Å². The van der Waals surface area contributed by atoms with Gasteiger partial charge in [-0.3, -0.25) is 0 Å². The van der Waals surface area contributed by atoms with Crippen molar-refractivity contribution in [3.05, 3.63) is 66.2 Å². The third-order valence-electron chi connectivity index (χ3n) is 4.59. The highest BCUT2D eigenvalue weighted by atomic mass is 16.5. The molecule has 2 aromatic carbocycles. The Morgan fingerprint density at radius 3 is 2.10 bits per heavy atom. The lowest BCUT2D eigenvalue weighted by atomic mass is 9.55. The quantitative estimate of drug-likeness (QED) is 0.915. The molecule has 0 spiro atoms. The fraction of sp³-hybridized carbons (Fsp3) is 0.333. The monoisotopic (exact) mass is 268 g/mol. The van der Waals surface area contributed by atoms with E-state index in [0.29, 0.717) is 6.61 Å². The second-order valence-electron chi connectivity index (χ2n) is 5.89. The van der Waals surface area contributed by atoms with E-state index in [1.807, 2.05) is 60.7 Å². The summed E-state index contributed by atoms with van der Waals surface area (Å²) in [6, 6.07) is 19.7. The van der Waals surface area contributed by atoms with Gasteiger partial charge in [0.15, 0.2) is 0 Å². The van der Waals surface area contributed by atoms with Gasteiger partial charge in [-0.15, -0.1) is 0 Å². The zero-order valence-electron chi connectivity index (χ0n) is 11.8. The van der Waals surface area contributed by atoms with Crippen molar-refractivity contribution < 1.29 is 9.84 Å². The summed E-state index contributed by atoms with van der Waals surface area (Å²) in [5, 5.41) is 11.0. The summed E-state index contributed by atoms with van der Waals surface area (Å²) in [5.41, 5.74) is -0.0156. The second kappa shape index (κ2) is 4.95. The average molecular weight is 268 g/mol. The molecule has 1 N–H and O–H groups in total. The van der Waals surface area contributed by atoms with Crippen molar-refractivity contribution in [1.82, 2.24) is 0 Å². The summed E-state index contributed by atoms with van der Waals surface area (Å²) in [7, 11) is 0. The molecule has 2 aromatic rings. The van der Waals surface area contributed by atoms with Gasteiger partial charge in [0, 0.05) is 5.41 Å². The Balaban J connectivity index is 1.75. The topological polar surface area (TPSA) is 29.5 Å². The Labute approximate surface area is 120 Å². The molecule has 0 aromatic heterocycles. The lowest BCUT2D eigenvalue weighted by Crippen LogP contribution is -2.56. The molecule has 1 aliphatic carbocycles. The van der Waals surface area contributed by atoms with E-state index >= 15 is 0 Å². The molecular weight excluding hydrogens is 248 g/mol. The van der Waals surface area contributed by atoms with E-state index in [2.05, 4.69) is 6.92 Å². The van der Waals surface area contributed by atoms with Crippen LogP contribution in [0.4, 0.5) is 0 Å². The maximum atomic E-state index is 11.0. The van der Waals surface area contributed by atoms with Crippen molar-refractivity contribution in [2.45, 2.75) is 25.4 Å². The normalized spacial score (nSPS) is 28.7. The summed E-state index contributed by atoms with van der Waals surface area (Å²) in [4.78, 5) is 0. The largest absolute Gasteiger partial charge is 0.493 e. The first kappa shape index (κ1) is 13.2. The van der Waals surface area contributed by atoms with Crippen LogP contribution in [0.2, 0.25) is 0 Å². The van der Waals surface area contributed by atoms with Crippen molar-refractivity contribution >= 4 is 0 Å². The third-order valence-corrected chi connectivity index (χ3v) is 4.59. The fourth-order valence-corrected chi connectivity index (χ4v) is 2.95. The molecule has 0 unspecified atom stereocenters. The first-order chi connectivity index (χ1) is 9.64. The van der Waals surface area contributed by atoms with E-state index < -0.39 is 5.60 Å². The molecule has 0 radical (unpaired) electrons. The Kier molecular flexibility index (Phi) is 3.27. The standard InChI is InChI=1S/C18H20O2/c1-17(14-20-16-10-6-3-7-11-16)12-13-18(17,19)15-8-4-2-5-9-15/h2-11,19H,12-14H2,1H3/t17-,18-/m0/s1. The Morgan fingerprint density at radius 1 is 0.950 bits per heavy atom. The van der Waals surface area contributed by atoms with Crippen LogP contribution in [0.3, 0.4) is 0 Å². The minimum absolute atomic E-state index is 0.232. The van der Waals surface area contributed by atoms with E-state index in [1.165, 1.54) is 0 Å². The predicted molar refractivity (Wildman–Crippen MR) is 79.6 cm³/mol. The molecule has 1 saturated carbocycles. The van der Waals surface area contributed by atoms with Gasteiger partial charge in [-0.1, -0.05) is 55.5 Å². The Morgan fingerprint density at radius 2 is 1.55 bits per heavy atom. The van der Waals surface area contributed by atoms with Gasteiger partial charge >= 0.3 is 0 Å². The highest BCUT2D eigenvalue weighted by Gasteiger charge is 2.56. The van der Waals surface area contributed by atoms with Gasteiger partial charge in [-0.25, -0.2) is 0 Å². The van der Waals surface area contributed by atoms with Crippen molar-refractivity contribution in [2.24, 2.45) is 5.41 Å². The van der Waals surface area contributed by atoms with Gasteiger partial charge in [0.05, 0.1) is 12.2 Å². The van der Waals surface area contributed by atoms with E-state index in [9.17, 15) is 5.11 Å². The van der Waals surface area contributed by atoms with Gasteiger partial charge in [0.25, 0.3) is 0 Å². The highest BCUT2D eigenvalue weighted by Crippen LogP contribution is 2.56.